The SMILES string of the molecule is CCc1nc(-c2ccc(OC)c(N3CCOCC3)c2)n(-c2cccc(C)n2)n1. The van der Waals surface area contributed by atoms with Crippen molar-refractivity contribution in [1.29, 1.82) is 0 Å². The van der Waals surface area contributed by atoms with Crippen molar-refractivity contribution in [2.45, 2.75) is 20.3 Å². The normalized spacial score (nSPS) is 14.3. The third-order valence-electron chi connectivity index (χ3n) is 4.85. The Morgan fingerprint density at radius 3 is 2.64 bits per heavy atom. The van der Waals surface area contributed by atoms with Gasteiger partial charge in [-0.15, -0.1) is 5.10 Å². The summed E-state index contributed by atoms with van der Waals surface area (Å²) < 4.78 is 12.9. The van der Waals surface area contributed by atoms with E-state index >= 15 is 0 Å². The Labute approximate surface area is 164 Å². The summed E-state index contributed by atoms with van der Waals surface area (Å²) >= 11 is 0. The van der Waals surface area contributed by atoms with Crippen molar-refractivity contribution in [2.24, 2.45) is 0 Å². The van der Waals surface area contributed by atoms with Gasteiger partial charge in [0.05, 0.1) is 26.0 Å². The van der Waals surface area contributed by atoms with Crippen LogP contribution in [0.2, 0.25) is 0 Å². The Bertz CT molecular complexity index is 963. The van der Waals surface area contributed by atoms with E-state index in [2.05, 4.69) is 28.0 Å². The molecule has 146 valence electrons. The number of anilines is 1. The van der Waals surface area contributed by atoms with Crippen LogP contribution in [-0.2, 0) is 11.2 Å². The molecule has 0 radical (unpaired) electrons. The van der Waals surface area contributed by atoms with E-state index in [1.54, 1.807) is 7.11 Å². The second-order valence-corrected chi connectivity index (χ2v) is 6.74. The van der Waals surface area contributed by atoms with Gasteiger partial charge in [-0.2, -0.15) is 4.68 Å². The Hall–Kier alpha value is -2.93. The van der Waals surface area contributed by atoms with E-state index in [0.717, 1.165) is 72.9 Å². The van der Waals surface area contributed by atoms with Gasteiger partial charge in [0, 0.05) is 30.8 Å². The topological polar surface area (TPSA) is 65.3 Å². The van der Waals surface area contributed by atoms with E-state index in [1.807, 2.05) is 41.9 Å². The summed E-state index contributed by atoms with van der Waals surface area (Å²) in [5.74, 6) is 3.20. The van der Waals surface area contributed by atoms with Crippen LogP contribution in [0.4, 0.5) is 5.69 Å². The minimum atomic E-state index is 0.719. The molecule has 0 atom stereocenters. The number of methoxy groups -OCH3 is 1. The number of aromatic nitrogens is 4. The van der Waals surface area contributed by atoms with Crippen molar-refractivity contribution >= 4 is 5.69 Å². The molecule has 0 N–H and O–H groups in total. The lowest BCUT2D eigenvalue weighted by Gasteiger charge is -2.30. The summed E-state index contributed by atoms with van der Waals surface area (Å²) in [4.78, 5) is 11.7. The highest BCUT2D eigenvalue weighted by molar-refractivity contribution is 5.70. The number of benzene rings is 1. The monoisotopic (exact) mass is 379 g/mol. The van der Waals surface area contributed by atoms with Crippen molar-refractivity contribution in [3.8, 4) is 23.0 Å². The lowest BCUT2D eigenvalue weighted by atomic mass is 10.1. The lowest BCUT2D eigenvalue weighted by Crippen LogP contribution is -2.36. The first-order valence-corrected chi connectivity index (χ1v) is 9.60. The molecule has 3 aromatic rings. The fraction of sp³-hybridized carbons (Fsp3) is 0.381. The van der Waals surface area contributed by atoms with Gasteiger partial charge < -0.3 is 14.4 Å². The van der Waals surface area contributed by atoms with E-state index in [1.165, 1.54) is 0 Å². The molecular weight excluding hydrogens is 354 g/mol. The zero-order valence-corrected chi connectivity index (χ0v) is 16.6. The van der Waals surface area contributed by atoms with Gasteiger partial charge in [-0.1, -0.05) is 13.0 Å². The molecule has 1 fully saturated rings. The van der Waals surface area contributed by atoms with Gasteiger partial charge in [0.1, 0.15) is 5.75 Å². The third kappa shape index (κ3) is 3.57. The fourth-order valence-electron chi connectivity index (χ4n) is 3.38. The second-order valence-electron chi connectivity index (χ2n) is 6.74. The number of hydrogen-bond donors (Lipinski definition) is 0. The molecule has 0 saturated carbocycles. The van der Waals surface area contributed by atoms with Crippen LogP contribution in [-0.4, -0.2) is 53.2 Å². The van der Waals surface area contributed by atoms with Gasteiger partial charge >= 0.3 is 0 Å². The maximum Gasteiger partial charge on any atom is 0.165 e. The van der Waals surface area contributed by atoms with Gasteiger partial charge in [-0.25, -0.2) is 9.97 Å². The standard InChI is InChI=1S/C21H25N5O2/c1-4-19-23-21(26(24-19)20-7-5-6-15(2)22-20)16-8-9-18(27-3)17(14-16)25-10-12-28-13-11-25/h5-9,14H,4,10-13H2,1-3H3. The molecule has 0 amide bonds. The number of pyridine rings is 1. The van der Waals surface area contributed by atoms with Crippen molar-refractivity contribution in [3.63, 3.8) is 0 Å². The summed E-state index contributed by atoms with van der Waals surface area (Å²) in [6.45, 7) is 7.15. The minimum absolute atomic E-state index is 0.719. The van der Waals surface area contributed by atoms with Crippen LogP contribution in [0.15, 0.2) is 36.4 Å². The Morgan fingerprint density at radius 2 is 1.93 bits per heavy atom. The molecule has 0 aliphatic carbocycles. The molecule has 0 spiro atoms. The van der Waals surface area contributed by atoms with Crippen LogP contribution >= 0.6 is 0 Å². The zero-order chi connectivity index (χ0) is 19.5. The minimum Gasteiger partial charge on any atom is -0.495 e. The molecule has 4 rings (SSSR count). The largest absolute Gasteiger partial charge is 0.495 e. The van der Waals surface area contributed by atoms with Crippen molar-refractivity contribution in [1.82, 2.24) is 19.7 Å². The maximum absolute atomic E-state index is 5.61. The van der Waals surface area contributed by atoms with Crippen LogP contribution in [0.5, 0.6) is 5.75 Å². The number of aryl methyl sites for hydroxylation is 2. The van der Waals surface area contributed by atoms with Gasteiger partial charge in [0.2, 0.25) is 0 Å². The second kappa shape index (κ2) is 7.98. The van der Waals surface area contributed by atoms with Crippen molar-refractivity contribution in [2.75, 3.05) is 38.3 Å². The highest BCUT2D eigenvalue weighted by atomic mass is 16.5. The summed E-state index contributed by atoms with van der Waals surface area (Å²) in [6.07, 6.45) is 0.762. The average molecular weight is 379 g/mol. The average Bonchev–Trinajstić information content (AvgIpc) is 3.18. The third-order valence-corrected chi connectivity index (χ3v) is 4.85. The molecule has 1 aliphatic heterocycles. The maximum atomic E-state index is 5.61. The first-order valence-electron chi connectivity index (χ1n) is 9.60. The molecule has 7 nitrogen and oxygen atoms in total. The number of ether oxygens (including phenoxy) is 2. The smallest absolute Gasteiger partial charge is 0.165 e. The molecular formula is C21H25N5O2. The molecule has 0 unspecified atom stereocenters. The van der Waals surface area contributed by atoms with Gasteiger partial charge in [0.15, 0.2) is 17.5 Å². The van der Waals surface area contributed by atoms with E-state index in [4.69, 9.17) is 14.5 Å². The predicted molar refractivity (Wildman–Crippen MR) is 108 cm³/mol. The van der Waals surface area contributed by atoms with E-state index in [-0.39, 0.29) is 0 Å². The summed E-state index contributed by atoms with van der Waals surface area (Å²) in [5, 5.41) is 4.68. The van der Waals surface area contributed by atoms with E-state index in [0.29, 0.717) is 0 Å². The number of rotatable bonds is 5. The van der Waals surface area contributed by atoms with Crippen LogP contribution in [0.3, 0.4) is 0 Å². The van der Waals surface area contributed by atoms with Gasteiger partial charge in [0.25, 0.3) is 0 Å². The summed E-state index contributed by atoms with van der Waals surface area (Å²) in [5.41, 5.74) is 2.98. The summed E-state index contributed by atoms with van der Waals surface area (Å²) in [6, 6.07) is 12.1. The Morgan fingerprint density at radius 1 is 1.11 bits per heavy atom. The highest BCUT2D eigenvalue weighted by Crippen LogP contribution is 2.34. The number of hydrogen-bond acceptors (Lipinski definition) is 6. The molecule has 3 heterocycles. The zero-order valence-electron chi connectivity index (χ0n) is 16.6. The van der Waals surface area contributed by atoms with Crippen LogP contribution < -0.4 is 9.64 Å². The lowest BCUT2D eigenvalue weighted by molar-refractivity contribution is 0.122. The molecule has 28 heavy (non-hydrogen) atoms. The van der Waals surface area contributed by atoms with Crippen LogP contribution in [0.25, 0.3) is 17.2 Å². The first kappa shape index (κ1) is 18.4. The quantitative estimate of drug-likeness (QED) is 0.679. The van der Waals surface area contributed by atoms with E-state index in [9.17, 15) is 0 Å². The predicted octanol–water partition coefficient (Wildman–Crippen LogP) is 3.05. The van der Waals surface area contributed by atoms with Crippen molar-refractivity contribution in [3.05, 3.63) is 47.9 Å². The molecule has 0 bridgehead atoms. The van der Waals surface area contributed by atoms with Gasteiger partial charge in [-0.3, -0.25) is 0 Å². The van der Waals surface area contributed by atoms with E-state index < -0.39 is 0 Å². The Balaban J connectivity index is 1.81. The fourth-order valence-corrected chi connectivity index (χ4v) is 3.38. The number of morpholine rings is 1. The molecule has 1 aliphatic rings. The van der Waals surface area contributed by atoms with Crippen molar-refractivity contribution < 1.29 is 9.47 Å². The molecule has 7 heteroatoms. The summed E-state index contributed by atoms with van der Waals surface area (Å²) in [7, 11) is 1.70. The van der Waals surface area contributed by atoms with Crippen LogP contribution in [0.1, 0.15) is 18.4 Å². The number of nitrogens with zero attached hydrogens (tertiary/aromatic N) is 5. The highest BCUT2D eigenvalue weighted by Gasteiger charge is 2.19. The molecule has 2 aromatic heterocycles. The molecule has 1 aromatic carbocycles. The molecule has 1 saturated heterocycles. The first-order chi connectivity index (χ1) is 13.7. The Kier molecular flexibility index (Phi) is 5.25. The van der Waals surface area contributed by atoms with Crippen LogP contribution in [0, 0.1) is 6.92 Å². The van der Waals surface area contributed by atoms with Gasteiger partial charge in [-0.05, 0) is 37.3 Å².